The second-order valence-corrected chi connectivity index (χ2v) is 6.44. The third-order valence-corrected chi connectivity index (χ3v) is 4.52. The summed E-state index contributed by atoms with van der Waals surface area (Å²) in [5.74, 6) is 1.48. The first-order valence-corrected chi connectivity index (χ1v) is 8.93. The van der Waals surface area contributed by atoms with Crippen molar-refractivity contribution in [3.05, 3.63) is 59.1 Å². The summed E-state index contributed by atoms with van der Waals surface area (Å²) in [6, 6.07) is 13.2. The van der Waals surface area contributed by atoms with Gasteiger partial charge in [0.2, 0.25) is 5.91 Å². The maximum absolute atomic E-state index is 12.5. The Morgan fingerprint density at radius 1 is 1.26 bits per heavy atom. The van der Waals surface area contributed by atoms with Gasteiger partial charge in [-0.3, -0.25) is 19.4 Å². The fraction of sp³-hybridized carbons (Fsp3) is 0.263. The Kier molecular flexibility index (Phi) is 5.97. The average Bonchev–Trinajstić information content (AvgIpc) is 3.07. The van der Waals surface area contributed by atoms with E-state index in [-0.39, 0.29) is 5.91 Å². The Morgan fingerprint density at radius 2 is 2.04 bits per heavy atom. The number of hydrogen-bond donors (Lipinski definition) is 1. The summed E-state index contributed by atoms with van der Waals surface area (Å²) in [5, 5.41) is 7.11. The molecule has 7 nitrogen and oxygen atoms in total. The van der Waals surface area contributed by atoms with Crippen LogP contribution in [0.25, 0.3) is 11.4 Å². The number of aromatic nitrogens is 4. The number of ether oxygens (including phenoxy) is 1. The van der Waals surface area contributed by atoms with Gasteiger partial charge >= 0.3 is 0 Å². The lowest BCUT2D eigenvalue weighted by Gasteiger charge is -2.17. The topological polar surface area (TPSA) is 76.0 Å². The highest BCUT2D eigenvalue weighted by atomic mass is 32.1. The number of nitrogens with zero attached hydrogens (tertiary/aromatic N) is 4. The molecule has 0 aliphatic rings. The highest BCUT2D eigenvalue weighted by Crippen LogP contribution is 2.21. The first-order chi connectivity index (χ1) is 13.1. The van der Waals surface area contributed by atoms with Gasteiger partial charge in [-0.15, -0.1) is 0 Å². The van der Waals surface area contributed by atoms with Gasteiger partial charge in [0.15, 0.2) is 10.6 Å². The molecule has 0 aliphatic carbocycles. The number of aromatic amines is 1. The minimum Gasteiger partial charge on any atom is -0.497 e. The van der Waals surface area contributed by atoms with E-state index in [9.17, 15) is 4.79 Å². The summed E-state index contributed by atoms with van der Waals surface area (Å²) in [5.41, 5.74) is 1.75. The zero-order valence-electron chi connectivity index (χ0n) is 15.3. The van der Waals surface area contributed by atoms with Gasteiger partial charge in [0.25, 0.3) is 0 Å². The lowest BCUT2D eigenvalue weighted by molar-refractivity contribution is -0.130. The van der Waals surface area contributed by atoms with Crippen molar-refractivity contribution in [1.82, 2.24) is 24.6 Å². The lowest BCUT2D eigenvalue weighted by atomic mass is 10.2. The molecule has 0 saturated carbocycles. The Morgan fingerprint density at radius 3 is 2.70 bits per heavy atom. The molecule has 1 amide bonds. The molecule has 2 aromatic heterocycles. The first-order valence-electron chi connectivity index (χ1n) is 8.52. The number of pyridine rings is 1. The summed E-state index contributed by atoms with van der Waals surface area (Å²) in [6.07, 6.45) is 2.04. The molecule has 1 aromatic carbocycles. The number of carbonyl (C=O) groups is 1. The molecule has 0 fully saturated rings. The van der Waals surface area contributed by atoms with Crippen molar-refractivity contribution in [2.45, 2.75) is 19.5 Å². The highest BCUT2D eigenvalue weighted by molar-refractivity contribution is 7.71. The summed E-state index contributed by atoms with van der Waals surface area (Å²) in [4.78, 5) is 18.4. The van der Waals surface area contributed by atoms with Crippen LogP contribution in [0.1, 0.15) is 12.1 Å². The number of methoxy groups -OCH3 is 1. The normalized spacial score (nSPS) is 10.6. The van der Waals surface area contributed by atoms with Crippen LogP contribution in [0.3, 0.4) is 0 Å². The molecule has 0 spiro atoms. The maximum Gasteiger partial charge on any atom is 0.224 e. The van der Waals surface area contributed by atoms with E-state index < -0.39 is 0 Å². The second-order valence-electron chi connectivity index (χ2n) is 6.05. The van der Waals surface area contributed by atoms with Gasteiger partial charge in [0.1, 0.15) is 5.75 Å². The standard InChI is InChI=1S/C19H21N5O2S/c1-23(13-15-5-3-4-11-20-15)17(25)10-12-24-18(21-22-19(24)27)14-6-8-16(26-2)9-7-14/h3-9,11H,10,12-13H2,1-2H3,(H,22,27). The molecule has 0 atom stereocenters. The third-order valence-electron chi connectivity index (χ3n) is 4.21. The number of nitrogens with one attached hydrogen (secondary N) is 1. The number of amides is 1. The highest BCUT2D eigenvalue weighted by Gasteiger charge is 2.14. The Labute approximate surface area is 162 Å². The Balaban J connectivity index is 1.68. The van der Waals surface area contributed by atoms with Gasteiger partial charge in [-0.25, -0.2) is 0 Å². The minimum absolute atomic E-state index is 0.0180. The summed E-state index contributed by atoms with van der Waals surface area (Å²) in [7, 11) is 3.40. The van der Waals surface area contributed by atoms with E-state index in [1.165, 1.54) is 0 Å². The minimum atomic E-state index is 0.0180. The van der Waals surface area contributed by atoms with E-state index in [2.05, 4.69) is 15.2 Å². The molecule has 140 valence electrons. The molecule has 0 aliphatic heterocycles. The predicted octanol–water partition coefficient (Wildman–Crippen LogP) is 3.06. The van der Waals surface area contributed by atoms with Gasteiger partial charge in [-0.05, 0) is 48.6 Å². The SMILES string of the molecule is COc1ccc(-c2n[nH]c(=S)n2CCC(=O)N(C)Cc2ccccn2)cc1. The van der Waals surface area contributed by atoms with Crippen LogP contribution in [0, 0.1) is 4.77 Å². The maximum atomic E-state index is 12.5. The van der Waals surface area contributed by atoms with E-state index in [1.54, 1.807) is 25.3 Å². The van der Waals surface area contributed by atoms with Gasteiger partial charge in [-0.2, -0.15) is 5.10 Å². The monoisotopic (exact) mass is 383 g/mol. The van der Waals surface area contributed by atoms with E-state index in [4.69, 9.17) is 17.0 Å². The smallest absolute Gasteiger partial charge is 0.224 e. The van der Waals surface area contributed by atoms with Crippen LogP contribution in [-0.4, -0.2) is 44.7 Å². The van der Waals surface area contributed by atoms with Crippen molar-refractivity contribution in [1.29, 1.82) is 0 Å². The van der Waals surface area contributed by atoms with E-state index in [0.717, 1.165) is 17.0 Å². The number of carbonyl (C=O) groups excluding carboxylic acids is 1. The fourth-order valence-corrected chi connectivity index (χ4v) is 2.93. The quantitative estimate of drug-likeness (QED) is 0.635. The van der Waals surface area contributed by atoms with Crippen LogP contribution < -0.4 is 4.74 Å². The van der Waals surface area contributed by atoms with Crippen molar-refractivity contribution in [3.8, 4) is 17.1 Å². The van der Waals surface area contributed by atoms with Gasteiger partial charge in [-0.1, -0.05) is 6.07 Å². The zero-order valence-corrected chi connectivity index (χ0v) is 16.1. The lowest BCUT2D eigenvalue weighted by Crippen LogP contribution is -2.27. The molecule has 0 saturated heterocycles. The van der Waals surface area contributed by atoms with Crippen LogP contribution in [0.5, 0.6) is 5.75 Å². The van der Waals surface area contributed by atoms with E-state index in [1.807, 2.05) is 47.0 Å². The number of H-pyrrole nitrogens is 1. The van der Waals surface area contributed by atoms with Crippen LogP contribution in [-0.2, 0) is 17.9 Å². The molecule has 0 unspecified atom stereocenters. The molecule has 27 heavy (non-hydrogen) atoms. The summed E-state index contributed by atoms with van der Waals surface area (Å²) >= 11 is 5.33. The van der Waals surface area contributed by atoms with Crippen LogP contribution in [0.4, 0.5) is 0 Å². The summed E-state index contributed by atoms with van der Waals surface area (Å²) < 4.78 is 7.51. The Bertz CT molecular complexity index is 950. The van der Waals surface area contributed by atoms with Crippen molar-refractivity contribution in [3.63, 3.8) is 0 Å². The van der Waals surface area contributed by atoms with Crippen molar-refractivity contribution < 1.29 is 9.53 Å². The number of hydrogen-bond acceptors (Lipinski definition) is 5. The molecule has 1 N–H and O–H groups in total. The molecule has 0 radical (unpaired) electrons. The van der Waals surface area contributed by atoms with E-state index >= 15 is 0 Å². The molecule has 8 heteroatoms. The molecule has 3 rings (SSSR count). The van der Waals surface area contributed by atoms with E-state index in [0.29, 0.717) is 30.1 Å². The number of benzene rings is 1. The third kappa shape index (κ3) is 4.59. The van der Waals surface area contributed by atoms with Gasteiger partial charge in [0, 0.05) is 31.8 Å². The second kappa shape index (κ2) is 8.59. The van der Waals surface area contributed by atoms with Gasteiger partial charge in [0.05, 0.1) is 19.3 Å². The molecular formula is C19H21N5O2S. The van der Waals surface area contributed by atoms with Gasteiger partial charge < -0.3 is 9.64 Å². The zero-order chi connectivity index (χ0) is 19.2. The largest absolute Gasteiger partial charge is 0.497 e. The predicted molar refractivity (Wildman–Crippen MR) is 105 cm³/mol. The van der Waals surface area contributed by atoms with Crippen LogP contribution >= 0.6 is 12.2 Å². The fourth-order valence-electron chi connectivity index (χ4n) is 2.71. The average molecular weight is 383 g/mol. The van der Waals surface area contributed by atoms with Crippen molar-refractivity contribution >= 4 is 18.1 Å². The molecule has 3 aromatic rings. The molecule has 2 heterocycles. The first kappa shape index (κ1) is 18.8. The van der Waals surface area contributed by atoms with Crippen molar-refractivity contribution in [2.24, 2.45) is 0 Å². The summed E-state index contributed by atoms with van der Waals surface area (Å²) in [6.45, 7) is 0.921. The number of rotatable bonds is 7. The molecule has 0 bridgehead atoms. The van der Waals surface area contributed by atoms with Crippen LogP contribution in [0.15, 0.2) is 48.7 Å². The Hall–Kier alpha value is -3.00. The van der Waals surface area contributed by atoms with Crippen LogP contribution in [0.2, 0.25) is 0 Å². The van der Waals surface area contributed by atoms with Crippen molar-refractivity contribution in [2.75, 3.05) is 14.2 Å². The molecular weight excluding hydrogens is 362 g/mol.